The lowest BCUT2D eigenvalue weighted by Crippen LogP contribution is -2.38. The number of ether oxygens (including phenoxy) is 1. The molecule has 3 aromatic rings. The molecule has 1 aliphatic heterocycles. The number of rotatable bonds is 7. The molecule has 1 aromatic heterocycles. The van der Waals surface area contributed by atoms with E-state index < -0.39 is 17.5 Å². The lowest BCUT2D eigenvalue weighted by molar-refractivity contribution is 0.0364. The van der Waals surface area contributed by atoms with Crippen LogP contribution in [0.15, 0.2) is 42.5 Å². The third kappa shape index (κ3) is 4.66. The van der Waals surface area contributed by atoms with Crippen LogP contribution in [-0.4, -0.2) is 59.8 Å². The molecule has 1 fully saturated rings. The highest BCUT2D eigenvalue weighted by Crippen LogP contribution is 2.17. The summed E-state index contributed by atoms with van der Waals surface area (Å²) >= 11 is 0. The fourth-order valence-corrected chi connectivity index (χ4v) is 3.66. The van der Waals surface area contributed by atoms with Gasteiger partial charge in [-0.2, -0.15) is 0 Å². The second kappa shape index (κ2) is 9.32. The van der Waals surface area contributed by atoms with Crippen molar-refractivity contribution in [3.8, 4) is 0 Å². The van der Waals surface area contributed by atoms with Crippen LogP contribution in [0, 0.1) is 11.6 Å². The first-order valence-electron chi connectivity index (χ1n) is 10.1. The molecule has 30 heavy (non-hydrogen) atoms. The summed E-state index contributed by atoms with van der Waals surface area (Å²) in [5, 5.41) is 2.76. The van der Waals surface area contributed by atoms with Gasteiger partial charge in [-0.15, -0.1) is 0 Å². The molecule has 1 aliphatic rings. The van der Waals surface area contributed by atoms with E-state index in [2.05, 4.69) is 14.8 Å². The van der Waals surface area contributed by atoms with Gasteiger partial charge in [0.15, 0.2) is 11.6 Å². The normalized spacial score (nSPS) is 14.9. The van der Waals surface area contributed by atoms with Crippen molar-refractivity contribution in [2.24, 2.45) is 0 Å². The van der Waals surface area contributed by atoms with E-state index in [-0.39, 0.29) is 5.56 Å². The first-order valence-corrected chi connectivity index (χ1v) is 10.1. The Morgan fingerprint density at radius 2 is 1.87 bits per heavy atom. The highest BCUT2D eigenvalue weighted by molar-refractivity contribution is 5.94. The number of benzene rings is 2. The molecule has 8 heteroatoms. The molecule has 1 saturated heterocycles. The average molecular weight is 414 g/mol. The van der Waals surface area contributed by atoms with Gasteiger partial charge in [-0.05, 0) is 30.3 Å². The predicted octanol–water partition coefficient (Wildman–Crippen LogP) is 2.62. The number of aromatic nitrogens is 2. The van der Waals surface area contributed by atoms with Gasteiger partial charge >= 0.3 is 0 Å². The van der Waals surface area contributed by atoms with E-state index in [4.69, 9.17) is 9.72 Å². The van der Waals surface area contributed by atoms with Crippen molar-refractivity contribution in [2.75, 3.05) is 39.4 Å². The van der Waals surface area contributed by atoms with Crippen LogP contribution in [0.1, 0.15) is 16.2 Å². The number of imidazole rings is 1. The molecule has 0 bridgehead atoms. The number of nitrogens with one attached hydrogen (secondary N) is 1. The number of hydrogen-bond donors (Lipinski definition) is 1. The second-order valence-electron chi connectivity index (χ2n) is 7.26. The van der Waals surface area contributed by atoms with E-state index in [0.29, 0.717) is 13.0 Å². The molecular weight excluding hydrogens is 390 g/mol. The zero-order valence-corrected chi connectivity index (χ0v) is 16.6. The molecule has 2 heterocycles. The third-order valence-corrected chi connectivity index (χ3v) is 5.29. The van der Waals surface area contributed by atoms with Crippen LogP contribution in [0.25, 0.3) is 11.0 Å². The van der Waals surface area contributed by atoms with Crippen molar-refractivity contribution >= 4 is 16.9 Å². The van der Waals surface area contributed by atoms with Crippen molar-refractivity contribution in [1.82, 2.24) is 19.8 Å². The lowest BCUT2D eigenvalue weighted by Gasteiger charge is -2.27. The average Bonchev–Trinajstić information content (AvgIpc) is 3.12. The summed E-state index contributed by atoms with van der Waals surface area (Å²) in [4.78, 5) is 19.3. The van der Waals surface area contributed by atoms with Gasteiger partial charge in [-0.25, -0.2) is 13.8 Å². The molecule has 2 aromatic carbocycles. The summed E-state index contributed by atoms with van der Waals surface area (Å²) < 4.78 is 34.0. The number of carbonyl (C=O) groups is 1. The van der Waals surface area contributed by atoms with Crippen molar-refractivity contribution < 1.29 is 18.3 Å². The third-order valence-electron chi connectivity index (χ3n) is 5.29. The van der Waals surface area contributed by atoms with Crippen molar-refractivity contribution in [3.05, 3.63) is 65.5 Å². The number of hydrogen-bond acceptors (Lipinski definition) is 4. The molecule has 0 spiro atoms. The lowest BCUT2D eigenvalue weighted by atomic mass is 10.2. The molecule has 158 valence electrons. The molecule has 0 radical (unpaired) electrons. The fraction of sp³-hybridized carbons (Fsp3) is 0.364. The van der Waals surface area contributed by atoms with Crippen LogP contribution >= 0.6 is 0 Å². The number of fused-ring (bicyclic) bond motifs is 1. The van der Waals surface area contributed by atoms with E-state index in [1.807, 2.05) is 24.3 Å². The summed E-state index contributed by atoms with van der Waals surface area (Å²) in [6, 6.07) is 11.1. The minimum Gasteiger partial charge on any atom is -0.379 e. The standard InChI is InChI=1S/C22H24F2N4O2/c23-17-6-5-16(15-18(17)24)22(29)25-8-7-21-26-19-3-1-2-4-20(19)28(21)10-9-27-11-13-30-14-12-27/h1-6,15H,7-14H2,(H,25,29). The molecular formula is C22H24F2N4O2. The van der Waals surface area contributed by atoms with E-state index in [1.54, 1.807) is 0 Å². The number of amides is 1. The predicted molar refractivity (Wildman–Crippen MR) is 109 cm³/mol. The maximum atomic E-state index is 13.4. The Bertz CT molecular complexity index is 1030. The maximum Gasteiger partial charge on any atom is 0.251 e. The topological polar surface area (TPSA) is 59.4 Å². The fourth-order valence-electron chi connectivity index (χ4n) is 3.66. The van der Waals surface area contributed by atoms with Gasteiger partial charge in [0.05, 0.1) is 24.2 Å². The van der Waals surface area contributed by atoms with Gasteiger partial charge in [0.2, 0.25) is 0 Å². The van der Waals surface area contributed by atoms with Crippen LogP contribution < -0.4 is 5.32 Å². The van der Waals surface area contributed by atoms with E-state index in [0.717, 1.165) is 68.4 Å². The Labute approximate surface area is 173 Å². The van der Waals surface area contributed by atoms with Crippen LogP contribution in [0.4, 0.5) is 8.78 Å². The number of nitrogens with zero attached hydrogens (tertiary/aromatic N) is 3. The molecule has 0 atom stereocenters. The Kier molecular flexibility index (Phi) is 6.35. The first-order chi connectivity index (χ1) is 14.6. The van der Waals surface area contributed by atoms with Gasteiger partial charge in [-0.3, -0.25) is 9.69 Å². The molecule has 0 saturated carbocycles. The Hall–Kier alpha value is -2.84. The molecule has 0 unspecified atom stereocenters. The molecule has 6 nitrogen and oxygen atoms in total. The van der Waals surface area contributed by atoms with Crippen LogP contribution in [0.3, 0.4) is 0 Å². The summed E-state index contributed by atoms with van der Waals surface area (Å²) in [5.74, 6) is -1.56. The minimum absolute atomic E-state index is 0.0923. The quantitative estimate of drug-likeness (QED) is 0.646. The van der Waals surface area contributed by atoms with Crippen LogP contribution in [-0.2, 0) is 17.7 Å². The van der Waals surface area contributed by atoms with Gasteiger partial charge in [0.25, 0.3) is 5.91 Å². The summed E-state index contributed by atoms with van der Waals surface area (Å²) in [7, 11) is 0. The summed E-state index contributed by atoms with van der Waals surface area (Å²) in [6.07, 6.45) is 0.535. The SMILES string of the molecule is O=C(NCCc1nc2ccccc2n1CCN1CCOCC1)c1ccc(F)c(F)c1. The van der Waals surface area contributed by atoms with Crippen LogP contribution in [0.2, 0.25) is 0 Å². The largest absolute Gasteiger partial charge is 0.379 e. The molecule has 1 N–H and O–H groups in total. The smallest absolute Gasteiger partial charge is 0.251 e. The summed E-state index contributed by atoms with van der Waals surface area (Å²) in [6.45, 7) is 5.41. The van der Waals surface area contributed by atoms with Crippen molar-refractivity contribution in [3.63, 3.8) is 0 Å². The van der Waals surface area contributed by atoms with E-state index >= 15 is 0 Å². The Morgan fingerprint density at radius 3 is 2.67 bits per heavy atom. The second-order valence-corrected chi connectivity index (χ2v) is 7.26. The Morgan fingerprint density at radius 1 is 1.07 bits per heavy atom. The molecule has 0 aliphatic carbocycles. The van der Waals surface area contributed by atoms with Gasteiger partial charge in [0.1, 0.15) is 5.82 Å². The maximum absolute atomic E-state index is 13.4. The van der Waals surface area contributed by atoms with Crippen molar-refractivity contribution in [1.29, 1.82) is 0 Å². The number of halogens is 2. The number of carbonyl (C=O) groups excluding carboxylic acids is 1. The van der Waals surface area contributed by atoms with Gasteiger partial charge < -0.3 is 14.6 Å². The summed E-state index contributed by atoms with van der Waals surface area (Å²) in [5.41, 5.74) is 2.07. The van der Waals surface area contributed by atoms with Crippen LogP contribution in [0.5, 0.6) is 0 Å². The highest BCUT2D eigenvalue weighted by Gasteiger charge is 2.15. The highest BCUT2D eigenvalue weighted by atomic mass is 19.2. The van der Waals surface area contributed by atoms with Gasteiger partial charge in [0, 0.05) is 44.7 Å². The van der Waals surface area contributed by atoms with E-state index in [9.17, 15) is 13.6 Å². The van der Waals surface area contributed by atoms with Gasteiger partial charge in [-0.1, -0.05) is 12.1 Å². The van der Waals surface area contributed by atoms with E-state index in [1.165, 1.54) is 6.07 Å². The number of para-hydroxylation sites is 2. The van der Waals surface area contributed by atoms with Crippen molar-refractivity contribution in [2.45, 2.75) is 13.0 Å². The minimum atomic E-state index is -1.03. The monoisotopic (exact) mass is 414 g/mol. The zero-order valence-electron chi connectivity index (χ0n) is 16.6. The Balaban J connectivity index is 1.42. The number of morpholine rings is 1. The molecule has 4 rings (SSSR count). The first kappa shape index (κ1) is 20.4. The zero-order chi connectivity index (χ0) is 20.9. The molecule has 1 amide bonds.